The molecule has 0 amide bonds. The zero-order valence-corrected chi connectivity index (χ0v) is 20.8. The molecule has 3 saturated carbocycles. The molecular weight excluding hydrogens is 386 g/mol. The standard InChI is InChI=1S/C31H40N/c1-19(2)26-17-28(20(3)4)21(5)29(18-26)31-27-12-11-24(16-25(27)13-14-32(31)6)30-15-22-7-9-23(30)10-8-22/h11-14,16-20,22-23,30H,7-10,15H2,1-6H3/q+1/i13D,14D. The lowest BCUT2D eigenvalue weighted by atomic mass is 9.63. The van der Waals surface area contributed by atoms with Crippen LogP contribution < -0.4 is 4.57 Å². The maximum absolute atomic E-state index is 8.87. The molecule has 3 aromatic rings. The van der Waals surface area contributed by atoms with E-state index in [4.69, 9.17) is 2.74 Å². The van der Waals surface area contributed by atoms with Crippen LogP contribution >= 0.6 is 0 Å². The molecule has 1 unspecified atom stereocenters. The molecule has 168 valence electrons. The highest BCUT2D eigenvalue weighted by Crippen LogP contribution is 2.50. The zero-order valence-electron chi connectivity index (χ0n) is 22.8. The predicted octanol–water partition coefficient (Wildman–Crippen LogP) is 8.18. The Morgan fingerprint density at radius 1 is 0.969 bits per heavy atom. The fourth-order valence-electron chi connectivity index (χ4n) is 6.53. The fourth-order valence-corrected chi connectivity index (χ4v) is 6.53. The maximum Gasteiger partial charge on any atom is 0.220 e. The van der Waals surface area contributed by atoms with Crippen molar-refractivity contribution < 1.29 is 7.31 Å². The van der Waals surface area contributed by atoms with Crippen LogP contribution in [0.1, 0.15) is 103 Å². The van der Waals surface area contributed by atoms with Crippen molar-refractivity contribution in [1.29, 1.82) is 0 Å². The zero-order chi connectivity index (χ0) is 24.3. The van der Waals surface area contributed by atoms with Crippen molar-refractivity contribution in [2.75, 3.05) is 0 Å². The van der Waals surface area contributed by atoms with Crippen molar-refractivity contribution in [3.05, 3.63) is 64.8 Å². The number of benzene rings is 2. The first-order valence-corrected chi connectivity index (χ1v) is 12.7. The van der Waals surface area contributed by atoms with Gasteiger partial charge >= 0.3 is 0 Å². The van der Waals surface area contributed by atoms with Gasteiger partial charge in [0.1, 0.15) is 8.42 Å². The first-order valence-electron chi connectivity index (χ1n) is 13.7. The number of hydrogen-bond donors (Lipinski definition) is 0. The van der Waals surface area contributed by atoms with Crippen molar-refractivity contribution in [2.45, 2.75) is 84.5 Å². The minimum absolute atomic E-state index is 0.297. The molecule has 1 nitrogen and oxygen atoms in total. The largest absolute Gasteiger partial charge is 0.220 e. The lowest BCUT2D eigenvalue weighted by Gasteiger charge is -2.42. The normalized spacial score (nSPS) is 23.8. The molecular formula is C31H40N+. The highest BCUT2D eigenvalue weighted by Gasteiger charge is 2.36. The van der Waals surface area contributed by atoms with Crippen LogP contribution in [0.15, 0.2) is 42.5 Å². The quantitative estimate of drug-likeness (QED) is 0.369. The molecule has 3 fully saturated rings. The summed E-state index contributed by atoms with van der Waals surface area (Å²) in [6.07, 6.45) is 7.12. The summed E-state index contributed by atoms with van der Waals surface area (Å²) in [5.41, 5.74) is 7.70. The molecule has 1 heteroatoms. The Bertz CT molecular complexity index is 1250. The maximum atomic E-state index is 8.87. The van der Waals surface area contributed by atoms with Crippen LogP contribution in [0, 0.1) is 18.8 Å². The van der Waals surface area contributed by atoms with Gasteiger partial charge in [-0.3, -0.25) is 0 Å². The Balaban J connectivity index is 1.74. The van der Waals surface area contributed by atoms with Crippen LogP contribution in [0.3, 0.4) is 0 Å². The van der Waals surface area contributed by atoms with Crippen LogP contribution in [-0.4, -0.2) is 0 Å². The number of rotatable bonds is 4. The molecule has 0 saturated heterocycles. The second kappa shape index (κ2) is 8.32. The number of pyridine rings is 1. The summed E-state index contributed by atoms with van der Waals surface area (Å²) < 4.78 is 19.6. The fraction of sp³-hybridized carbons (Fsp3) is 0.516. The summed E-state index contributed by atoms with van der Waals surface area (Å²) >= 11 is 0. The van der Waals surface area contributed by atoms with Gasteiger partial charge in [-0.2, -0.15) is 0 Å². The summed E-state index contributed by atoms with van der Waals surface area (Å²) in [7, 11) is 1.96. The molecule has 6 rings (SSSR count). The van der Waals surface area contributed by atoms with Gasteiger partial charge in [0.2, 0.25) is 5.69 Å². The van der Waals surface area contributed by atoms with Gasteiger partial charge in [-0.1, -0.05) is 58.7 Å². The highest BCUT2D eigenvalue weighted by molar-refractivity contribution is 5.94. The molecule has 0 N–H and O–H groups in total. The minimum Gasteiger partial charge on any atom is -0.200 e. The number of hydrogen-bond acceptors (Lipinski definition) is 0. The summed E-state index contributed by atoms with van der Waals surface area (Å²) in [5, 5.41) is 2.05. The summed E-state index contributed by atoms with van der Waals surface area (Å²) in [6.45, 7) is 11.3. The minimum atomic E-state index is 0.297. The van der Waals surface area contributed by atoms with Crippen molar-refractivity contribution in [2.24, 2.45) is 18.9 Å². The van der Waals surface area contributed by atoms with Gasteiger partial charge in [0.25, 0.3) is 0 Å². The van der Waals surface area contributed by atoms with Gasteiger partial charge in [-0.25, -0.2) is 4.57 Å². The van der Waals surface area contributed by atoms with Crippen molar-refractivity contribution in [3.8, 4) is 11.3 Å². The van der Waals surface area contributed by atoms with E-state index in [9.17, 15) is 0 Å². The number of aromatic nitrogens is 1. The van der Waals surface area contributed by atoms with E-state index in [2.05, 4.69) is 65.0 Å². The second-order valence-corrected chi connectivity index (χ2v) is 11.2. The second-order valence-electron chi connectivity index (χ2n) is 11.2. The summed E-state index contributed by atoms with van der Waals surface area (Å²) in [5.74, 6) is 3.18. The predicted molar refractivity (Wildman–Crippen MR) is 136 cm³/mol. The Labute approximate surface area is 197 Å². The Morgan fingerprint density at radius 3 is 2.34 bits per heavy atom. The van der Waals surface area contributed by atoms with E-state index in [0.717, 1.165) is 28.3 Å². The van der Waals surface area contributed by atoms with Crippen LogP contribution in [0.25, 0.3) is 22.0 Å². The third-order valence-corrected chi connectivity index (χ3v) is 8.48. The first-order chi connectivity index (χ1) is 16.2. The Hall–Kier alpha value is -2.15. The third kappa shape index (κ3) is 3.68. The van der Waals surface area contributed by atoms with Gasteiger partial charge in [0, 0.05) is 6.04 Å². The lowest BCUT2D eigenvalue weighted by molar-refractivity contribution is -0.659. The average Bonchev–Trinajstić information content (AvgIpc) is 2.83. The number of nitrogens with zero attached hydrogens (tertiary/aromatic N) is 1. The number of fused-ring (bicyclic) bond motifs is 4. The van der Waals surface area contributed by atoms with E-state index >= 15 is 0 Å². The SMILES string of the molecule is [2H]c1c([2H])[n+](C)c(-c2cc(C(C)C)cc(C(C)C)c2C)c2ccc(C3CC4CCC3CC4)cc12. The van der Waals surface area contributed by atoms with Crippen LogP contribution in [0.5, 0.6) is 0 Å². The van der Waals surface area contributed by atoms with Gasteiger partial charge in [0.15, 0.2) is 6.17 Å². The molecule has 1 aromatic heterocycles. The van der Waals surface area contributed by atoms with Crippen molar-refractivity contribution in [1.82, 2.24) is 0 Å². The Kier molecular flexibility index (Phi) is 5.03. The van der Waals surface area contributed by atoms with Gasteiger partial charge < -0.3 is 0 Å². The molecule has 0 aliphatic heterocycles. The van der Waals surface area contributed by atoms with Gasteiger partial charge in [-0.05, 0) is 95.5 Å². The average molecular weight is 429 g/mol. The van der Waals surface area contributed by atoms with E-state index in [1.54, 1.807) is 0 Å². The Morgan fingerprint density at radius 2 is 1.72 bits per heavy atom. The van der Waals surface area contributed by atoms with E-state index in [1.807, 2.05) is 11.6 Å². The van der Waals surface area contributed by atoms with Crippen LogP contribution in [0.2, 0.25) is 0 Å². The molecule has 0 radical (unpaired) electrons. The van der Waals surface area contributed by atoms with E-state index in [0.29, 0.717) is 30.0 Å². The molecule has 0 spiro atoms. The van der Waals surface area contributed by atoms with E-state index in [-0.39, 0.29) is 0 Å². The first kappa shape index (κ1) is 19.3. The molecule has 2 bridgehead atoms. The monoisotopic (exact) mass is 428 g/mol. The molecule has 1 heterocycles. The molecule has 32 heavy (non-hydrogen) atoms. The highest BCUT2D eigenvalue weighted by atomic mass is 14.9. The summed E-state index contributed by atoms with van der Waals surface area (Å²) in [4.78, 5) is 0. The van der Waals surface area contributed by atoms with Gasteiger partial charge in [0.05, 0.1) is 12.3 Å². The molecule has 3 aliphatic rings. The molecule has 3 aliphatic carbocycles. The van der Waals surface area contributed by atoms with Crippen LogP contribution in [-0.2, 0) is 7.05 Å². The smallest absolute Gasteiger partial charge is 0.200 e. The topological polar surface area (TPSA) is 3.88 Å². The lowest BCUT2D eigenvalue weighted by Crippen LogP contribution is -2.31. The van der Waals surface area contributed by atoms with E-state index in [1.165, 1.54) is 59.9 Å². The van der Waals surface area contributed by atoms with Crippen LogP contribution in [0.4, 0.5) is 0 Å². The molecule has 2 aromatic carbocycles. The molecule has 1 atom stereocenters. The summed E-state index contributed by atoms with van der Waals surface area (Å²) in [6, 6.07) is 11.9. The van der Waals surface area contributed by atoms with Crippen molar-refractivity contribution in [3.63, 3.8) is 0 Å². The third-order valence-electron chi connectivity index (χ3n) is 8.48. The van der Waals surface area contributed by atoms with Gasteiger partial charge in [-0.15, -0.1) is 0 Å². The van der Waals surface area contributed by atoms with E-state index < -0.39 is 0 Å². The van der Waals surface area contributed by atoms with Crippen molar-refractivity contribution >= 4 is 10.8 Å².